The highest BCUT2D eigenvalue weighted by atomic mass is 16.5. The predicted octanol–water partition coefficient (Wildman–Crippen LogP) is 2.87. The maximum atomic E-state index is 11.5. The molecule has 1 saturated carbocycles. The van der Waals surface area contributed by atoms with Crippen LogP contribution in [0.25, 0.3) is 0 Å². The zero-order chi connectivity index (χ0) is 12.5. The van der Waals surface area contributed by atoms with E-state index in [0.717, 1.165) is 12.8 Å². The quantitative estimate of drug-likeness (QED) is 0.505. The molecular weight excluding hydrogens is 216 g/mol. The van der Waals surface area contributed by atoms with Crippen LogP contribution in [0.15, 0.2) is 25.3 Å². The summed E-state index contributed by atoms with van der Waals surface area (Å²) in [6.45, 7) is 8.02. The van der Waals surface area contributed by atoms with Crippen molar-refractivity contribution in [3.63, 3.8) is 0 Å². The zero-order valence-corrected chi connectivity index (χ0v) is 10.4. The van der Waals surface area contributed by atoms with Crippen LogP contribution in [0.4, 0.5) is 0 Å². The maximum absolute atomic E-state index is 11.5. The van der Waals surface area contributed by atoms with Crippen molar-refractivity contribution in [1.29, 1.82) is 0 Å². The van der Waals surface area contributed by atoms with Gasteiger partial charge in [0.15, 0.2) is 0 Å². The molecule has 0 saturated heterocycles. The number of esters is 1. The first-order valence-corrected chi connectivity index (χ1v) is 6.27. The molecule has 2 atom stereocenters. The Kier molecular flexibility index (Phi) is 6.63. The number of carbonyl (C=O) groups excluding carboxylic acids is 1. The molecule has 1 fully saturated rings. The summed E-state index contributed by atoms with van der Waals surface area (Å²) in [4.78, 5) is 11.5. The molecule has 96 valence electrons. The van der Waals surface area contributed by atoms with E-state index in [2.05, 4.69) is 13.2 Å². The van der Waals surface area contributed by atoms with Gasteiger partial charge in [-0.3, -0.25) is 4.79 Å². The number of hydrogen-bond acceptors (Lipinski definition) is 3. The largest absolute Gasteiger partial charge is 0.461 e. The molecule has 0 aromatic carbocycles. The molecular formula is C14H22O3. The van der Waals surface area contributed by atoms with Gasteiger partial charge in [0.25, 0.3) is 0 Å². The summed E-state index contributed by atoms with van der Waals surface area (Å²) in [5.74, 6) is 0.144. The number of carbonyl (C=O) groups is 1. The second kappa shape index (κ2) is 8.07. The Hall–Kier alpha value is -1.09. The molecule has 0 bridgehead atoms. The van der Waals surface area contributed by atoms with Crippen LogP contribution in [0.2, 0.25) is 0 Å². The van der Waals surface area contributed by atoms with Crippen molar-refractivity contribution in [3.8, 4) is 0 Å². The first kappa shape index (κ1) is 14.0. The average molecular weight is 238 g/mol. The van der Waals surface area contributed by atoms with Crippen LogP contribution in [-0.4, -0.2) is 25.3 Å². The van der Waals surface area contributed by atoms with Crippen LogP contribution in [0.5, 0.6) is 0 Å². The lowest BCUT2D eigenvalue weighted by Gasteiger charge is -2.30. The summed E-state index contributed by atoms with van der Waals surface area (Å²) in [6.07, 6.45) is 8.41. The Morgan fingerprint density at radius 1 is 1.18 bits per heavy atom. The molecule has 0 amide bonds. The van der Waals surface area contributed by atoms with Gasteiger partial charge < -0.3 is 9.47 Å². The molecule has 0 aromatic rings. The van der Waals surface area contributed by atoms with Gasteiger partial charge in [-0.25, -0.2) is 0 Å². The second-order valence-electron chi connectivity index (χ2n) is 4.38. The lowest BCUT2D eigenvalue weighted by molar-refractivity contribution is -0.145. The Bertz CT molecular complexity index is 260. The zero-order valence-electron chi connectivity index (χ0n) is 10.4. The maximum Gasteiger partial charge on any atom is 0.306 e. The van der Waals surface area contributed by atoms with Gasteiger partial charge in [0, 0.05) is 0 Å². The van der Waals surface area contributed by atoms with Crippen LogP contribution < -0.4 is 0 Å². The van der Waals surface area contributed by atoms with Crippen LogP contribution in [-0.2, 0) is 14.3 Å². The summed E-state index contributed by atoms with van der Waals surface area (Å²) in [7, 11) is 0. The van der Waals surface area contributed by atoms with Gasteiger partial charge in [-0.2, -0.15) is 0 Å². The predicted molar refractivity (Wildman–Crippen MR) is 67.7 cm³/mol. The third-order valence-electron chi connectivity index (χ3n) is 3.06. The highest BCUT2D eigenvalue weighted by Gasteiger charge is 2.27. The lowest BCUT2D eigenvalue weighted by Crippen LogP contribution is -2.30. The van der Waals surface area contributed by atoms with Crippen molar-refractivity contribution >= 4 is 5.97 Å². The molecule has 0 spiro atoms. The molecule has 3 nitrogen and oxygen atoms in total. The smallest absolute Gasteiger partial charge is 0.306 e. The molecule has 0 N–H and O–H groups in total. The van der Waals surface area contributed by atoms with E-state index in [9.17, 15) is 4.79 Å². The van der Waals surface area contributed by atoms with Crippen molar-refractivity contribution in [1.82, 2.24) is 0 Å². The molecule has 17 heavy (non-hydrogen) atoms. The number of ether oxygens (including phenoxy) is 2. The fourth-order valence-electron chi connectivity index (χ4n) is 2.24. The van der Waals surface area contributed by atoms with Crippen molar-refractivity contribution < 1.29 is 14.3 Å². The van der Waals surface area contributed by atoms with Gasteiger partial charge in [0.05, 0.1) is 19.1 Å². The molecule has 3 heteroatoms. The average Bonchev–Trinajstić information content (AvgIpc) is 2.35. The Balaban J connectivity index is 2.38. The third kappa shape index (κ3) is 5.18. The van der Waals surface area contributed by atoms with Crippen molar-refractivity contribution in [2.75, 3.05) is 13.2 Å². The van der Waals surface area contributed by atoms with E-state index in [1.54, 1.807) is 12.2 Å². The van der Waals surface area contributed by atoms with Crippen molar-refractivity contribution in [3.05, 3.63) is 25.3 Å². The minimum absolute atomic E-state index is 0.149. The molecule has 0 heterocycles. The third-order valence-corrected chi connectivity index (χ3v) is 3.06. The van der Waals surface area contributed by atoms with E-state index in [4.69, 9.17) is 9.47 Å². The van der Waals surface area contributed by atoms with Crippen molar-refractivity contribution in [2.45, 2.75) is 38.2 Å². The summed E-state index contributed by atoms with van der Waals surface area (Å²) >= 11 is 0. The molecule has 1 aliphatic rings. The number of rotatable bonds is 7. The Labute approximate surface area is 103 Å². The fraction of sp³-hybridized carbons (Fsp3) is 0.643. The van der Waals surface area contributed by atoms with Gasteiger partial charge in [0.1, 0.15) is 6.61 Å². The molecule has 0 radical (unpaired) electrons. The van der Waals surface area contributed by atoms with Crippen LogP contribution in [0.1, 0.15) is 32.1 Å². The van der Waals surface area contributed by atoms with Crippen LogP contribution in [0, 0.1) is 5.92 Å². The highest BCUT2D eigenvalue weighted by Crippen LogP contribution is 2.29. The van der Waals surface area contributed by atoms with Crippen LogP contribution in [0.3, 0.4) is 0 Å². The van der Waals surface area contributed by atoms with Gasteiger partial charge in [-0.05, 0) is 18.8 Å². The van der Waals surface area contributed by atoms with Crippen LogP contribution >= 0.6 is 0 Å². The topological polar surface area (TPSA) is 35.5 Å². The molecule has 0 aliphatic heterocycles. The first-order chi connectivity index (χ1) is 8.27. The summed E-state index contributed by atoms with van der Waals surface area (Å²) < 4.78 is 10.7. The fourth-order valence-corrected chi connectivity index (χ4v) is 2.24. The Morgan fingerprint density at radius 3 is 2.59 bits per heavy atom. The minimum Gasteiger partial charge on any atom is -0.461 e. The standard InChI is InChI=1S/C14H22O3/c1-3-9-16-13-8-6-5-7-12(13)11-14(15)17-10-4-2/h3-4,12-13H,1-2,5-11H2. The normalized spacial score (nSPS) is 24.0. The van der Waals surface area contributed by atoms with Gasteiger partial charge >= 0.3 is 5.97 Å². The van der Waals surface area contributed by atoms with Gasteiger partial charge in [0.2, 0.25) is 0 Å². The van der Waals surface area contributed by atoms with E-state index < -0.39 is 0 Å². The lowest BCUT2D eigenvalue weighted by atomic mass is 9.84. The van der Waals surface area contributed by atoms with Gasteiger partial charge in [-0.1, -0.05) is 31.6 Å². The number of hydrogen-bond donors (Lipinski definition) is 0. The molecule has 1 rings (SSSR count). The van der Waals surface area contributed by atoms with E-state index in [1.807, 2.05) is 0 Å². The molecule has 2 unspecified atom stereocenters. The summed E-state index contributed by atoms with van der Waals surface area (Å²) in [5.41, 5.74) is 0. The highest BCUT2D eigenvalue weighted by molar-refractivity contribution is 5.69. The monoisotopic (exact) mass is 238 g/mol. The first-order valence-electron chi connectivity index (χ1n) is 6.27. The molecule has 1 aliphatic carbocycles. The SMILES string of the molecule is C=CCOC(=O)CC1CCCCC1OCC=C. The molecule has 0 aromatic heterocycles. The summed E-state index contributed by atoms with van der Waals surface area (Å²) in [6, 6.07) is 0. The summed E-state index contributed by atoms with van der Waals surface area (Å²) in [5, 5.41) is 0. The minimum atomic E-state index is -0.149. The second-order valence-corrected chi connectivity index (χ2v) is 4.38. The van der Waals surface area contributed by atoms with E-state index in [0.29, 0.717) is 25.6 Å². The van der Waals surface area contributed by atoms with Crippen molar-refractivity contribution in [2.24, 2.45) is 5.92 Å². The van der Waals surface area contributed by atoms with Gasteiger partial charge in [-0.15, -0.1) is 6.58 Å². The Morgan fingerprint density at radius 2 is 1.88 bits per heavy atom. The van der Waals surface area contributed by atoms with E-state index in [-0.39, 0.29) is 12.1 Å². The van der Waals surface area contributed by atoms with E-state index in [1.165, 1.54) is 12.8 Å². The van der Waals surface area contributed by atoms with E-state index >= 15 is 0 Å².